The van der Waals surface area contributed by atoms with Crippen LogP contribution in [0.2, 0.25) is 0 Å². The van der Waals surface area contributed by atoms with Crippen molar-refractivity contribution < 1.29 is 33.5 Å². The van der Waals surface area contributed by atoms with Crippen molar-refractivity contribution in [1.29, 1.82) is 0 Å². The molecule has 8 heteroatoms. The average molecular weight is 448 g/mol. The number of likely N-dealkylation sites (tertiary alicyclic amines) is 1. The zero-order chi connectivity index (χ0) is 23.5. The fourth-order valence-corrected chi connectivity index (χ4v) is 3.88. The molecule has 33 heavy (non-hydrogen) atoms. The van der Waals surface area contributed by atoms with Crippen LogP contribution in [0.25, 0.3) is 5.76 Å². The summed E-state index contributed by atoms with van der Waals surface area (Å²) in [7, 11) is 2.90. The van der Waals surface area contributed by atoms with Gasteiger partial charge in [0, 0.05) is 17.2 Å². The lowest BCUT2D eigenvalue weighted by Crippen LogP contribution is -2.29. The number of methoxy groups -OCH3 is 2. The molecule has 0 bridgehead atoms. The fraction of sp³-hybridized carbons (Fsp3) is 0.160. The Labute approximate surface area is 189 Å². The second-order valence-corrected chi connectivity index (χ2v) is 7.44. The van der Waals surface area contributed by atoms with Crippen molar-refractivity contribution >= 4 is 17.4 Å². The van der Waals surface area contributed by atoms with E-state index in [1.165, 1.54) is 55.5 Å². The molecule has 1 N–H and O–H groups in total. The number of nitrogens with zero attached hydrogens (tertiary/aromatic N) is 1. The van der Waals surface area contributed by atoms with Gasteiger partial charge in [-0.15, -0.1) is 0 Å². The summed E-state index contributed by atoms with van der Waals surface area (Å²) in [5, 5.41) is 13.5. The number of halogens is 1. The van der Waals surface area contributed by atoms with E-state index < -0.39 is 29.3 Å². The monoisotopic (exact) mass is 448 g/mol. The highest BCUT2D eigenvalue weighted by molar-refractivity contribution is 6.46. The zero-order valence-electron chi connectivity index (χ0n) is 18.0. The summed E-state index contributed by atoms with van der Waals surface area (Å²) in [4.78, 5) is 30.3. The molecule has 4 rings (SSSR count). The number of ether oxygens (including phenoxy) is 2. The number of nitrogens with one attached hydrogen (secondary N) is 1. The average Bonchev–Trinajstić information content (AvgIpc) is 3.09. The number of hydrogen-bond donors (Lipinski definition) is 0. The first-order valence-corrected chi connectivity index (χ1v) is 10.1. The summed E-state index contributed by atoms with van der Waals surface area (Å²) in [6.07, 6.45) is 3.42. The number of benzene rings is 2. The fourth-order valence-electron chi connectivity index (χ4n) is 3.88. The van der Waals surface area contributed by atoms with E-state index in [1.54, 1.807) is 30.6 Å². The highest BCUT2D eigenvalue weighted by Gasteiger charge is 2.44. The maximum atomic E-state index is 13.6. The van der Waals surface area contributed by atoms with Gasteiger partial charge in [0.15, 0.2) is 23.9 Å². The molecule has 3 aromatic rings. The maximum absolute atomic E-state index is 13.6. The Hall–Kier alpha value is -4.20. The molecular formula is C25H21FN2O5. The van der Waals surface area contributed by atoms with Gasteiger partial charge in [0.1, 0.15) is 5.82 Å². The number of pyridine rings is 1. The molecular weight excluding hydrogens is 427 g/mol. The summed E-state index contributed by atoms with van der Waals surface area (Å²) in [6.45, 7) is 0.0900. The summed E-state index contributed by atoms with van der Waals surface area (Å²) >= 11 is 0. The van der Waals surface area contributed by atoms with Crippen LogP contribution >= 0.6 is 0 Å². The quantitative estimate of drug-likeness (QED) is 0.327. The molecule has 1 unspecified atom stereocenters. The molecule has 1 aliphatic rings. The van der Waals surface area contributed by atoms with Crippen LogP contribution in [0.1, 0.15) is 22.7 Å². The molecule has 168 valence electrons. The number of aromatic amines is 1. The third kappa shape index (κ3) is 4.15. The molecule has 0 aliphatic carbocycles. The van der Waals surface area contributed by atoms with E-state index in [2.05, 4.69) is 4.98 Å². The van der Waals surface area contributed by atoms with Crippen molar-refractivity contribution in [3.63, 3.8) is 0 Å². The van der Waals surface area contributed by atoms with Crippen LogP contribution in [-0.2, 0) is 16.1 Å². The van der Waals surface area contributed by atoms with Crippen molar-refractivity contribution in [1.82, 2.24) is 4.90 Å². The predicted octanol–water partition coefficient (Wildman–Crippen LogP) is 2.08. The van der Waals surface area contributed by atoms with E-state index in [9.17, 15) is 19.1 Å². The number of H-pyrrole nitrogens is 1. The van der Waals surface area contributed by atoms with Gasteiger partial charge >= 0.3 is 0 Å². The normalized spacial score (nSPS) is 17.3. The van der Waals surface area contributed by atoms with Gasteiger partial charge in [-0.05, 0) is 41.5 Å². The number of Topliss-reactive ketones (excluding diaryl/α,β-unsaturated/α-hetero) is 1. The second-order valence-electron chi connectivity index (χ2n) is 7.44. The number of carbonyl (C=O) groups is 2. The van der Waals surface area contributed by atoms with E-state index >= 15 is 0 Å². The number of amides is 1. The molecule has 0 saturated carbocycles. The second kappa shape index (κ2) is 9.12. The van der Waals surface area contributed by atoms with Gasteiger partial charge in [0.2, 0.25) is 5.78 Å². The van der Waals surface area contributed by atoms with Gasteiger partial charge in [-0.1, -0.05) is 24.0 Å². The molecule has 1 amide bonds. The molecule has 1 fully saturated rings. The summed E-state index contributed by atoms with van der Waals surface area (Å²) < 4.78 is 24.1. The van der Waals surface area contributed by atoms with Crippen LogP contribution < -0.4 is 19.6 Å². The van der Waals surface area contributed by atoms with E-state index in [-0.39, 0.29) is 17.7 Å². The number of hydrogen-bond acceptors (Lipinski definition) is 5. The van der Waals surface area contributed by atoms with Gasteiger partial charge < -0.3 is 19.5 Å². The van der Waals surface area contributed by atoms with E-state index in [0.29, 0.717) is 17.1 Å². The first-order valence-electron chi connectivity index (χ1n) is 10.1. The lowest BCUT2D eigenvalue weighted by Gasteiger charge is -2.27. The topological polar surface area (TPSA) is 93.0 Å². The van der Waals surface area contributed by atoms with Gasteiger partial charge in [-0.25, -0.2) is 9.37 Å². The zero-order valence-corrected chi connectivity index (χ0v) is 18.0. The Bertz CT molecular complexity index is 1230. The molecule has 2 aromatic carbocycles. The third-order valence-corrected chi connectivity index (χ3v) is 5.49. The van der Waals surface area contributed by atoms with Gasteiger partial charge in [0.05, 0.1) is 26.8 Å². The molecule has 1 saturated heterocycles. The van der Waals surface area contributed by atoms with E-state index in [4.69, 9.17) is 9.47 Å². The highest BCUT2D eigenvalue weighted by atomic mass is 19.1. The lowest BCUT2D eigenvalue weighted by molar-refractivity contribution is -0.378. The minimum Gasteiger partial charge on any atom is -0.872 e. The molecule has 1 aliphatic heterocycles. The van der Waals surface area contributed by atoms with E-state index in [0.717, 1.165) is 5.56 Å². The molecule has 1 atom stereocenters. The number of aromatic nitrogens is 1. The van der Waals surface area contributed by atoms with Crippen LogP contribution in [0.4, 0.5) is 4.39 Å². The molecule has 0 radical (unpaired) electrons. The van der Waals surface area contributed by atoms with Crippen LogP contribution in [0.15, 0.2) is 72.6 Å². The third-order valence-electron chi connectivity index (χ3n) is 5.49. The van der Waals surface area contributed by atoms with E-state index in [1.807, 2.05) is 0 Å². The summed E-state index contributed by atoms with van der Waals surface area (Å²) in [5.41, 5.74) is 1.18. The first kappa shape index (κ1) is 22.0. The number of ketones is 1. The smallest absolute Gasteiger partial charge is 0.295 e. The first-order chi connectivity index (χ1) is 15.9. The lowest BCUT2D eigenvalue weighted by atomic mass is 9.95. The number of rotatable bonds is 6. The Morgan fingerprint density at radius 3 is 2.42 bits per heavy atom. The van der Waals surface area contributed by atoms with Gasteiger partial charge in [-0.3, -0.25) is 9.59 Å². The minimum atomic E-state index is -0.966. The van der Waals surface area contributed by atoms with Crippen molar-refractivity contribution in [2.75, 3.05) is 14.2 Å². The Kier molecular flexibility index (Phi) is 6.08. The highest BCUT2D eigenvalue weighted by Crippen LogP contribution is 2.40. The molecule has 0 spiro atoms. The van der Waals surface area contributed by atoms with Crippen LogP contribution in [0.3, 0.4) is 0 Å². The molecule has 7 nitrogen and oxygen atoms in total. The molecule has 2 heterocycles. The predicted molar refractivity (Wildman–Crippen MR) is 114 cm³/mol. The standard InChI is InChI=1S/C25H21FN2O5/c1-32-19-10-7-17(12-20(19)33-2)23(29)21-22(16-5-8-18(26)9-6-16)28(25(31)24(21)30)14-15-4-3-11-27-13-15/h3-13,22,29H,14H2,1-2H3/b23-21+. The van der Waals surface area contributed by atoms with Gasteiger partial charge in [-0.2, -0.15) is 0 Å². The summed E-state index contributed by atoms with van der Waals surface area (Å²) in [6, 6.07) is 12.5. The van der Waals surface area contributed by atoms with Gasteiger partial charge in [0.25, 0.3) is 5.91 Å². The van der Waals surface area contributed by atoms with Crippen LogP contribution in [-0.4, -0.2) is 30.8 Å². The Balaban J connectivity index is 1.86. The summed E-state index contributed by atoms with van der Waals surface area (Å²) in [5.74, 6) is -2.01. The number of carbonyl (C=O) groups excluding carboxylic acids is 2. The Morgan fingerprint density at radius 2 is 1.79 bits per heavy atom. The van der Waals surface area contributed by atoms with Crippen LogP contribution in [0, 0.1) is 5.82 Å². The van der Waals surface area contributed by atoms with Crippen molar-refractivity contribution in [2.24, 2.45) is 0 Å². The maximum Gasteiger partial charge on any atom is 0.295 e. The van der Waals surface area contributed by atoms with Crippen molar-refractivity contribution in [3.8, 4) is 11.5 Å². The Morgan fingerprint density at radius 1 is 1.06 bits per heavy atom. The minimum absolute atomic E-state index is 0.0900. The van der Waals surface area contributed by atoms with Crippen LogP contribution in [0.5, 0.6) is 11.5 Å². The van der Waals surface area contributed by atoms with Crippen molar-refractivity contribution in [3.05, 3.63) is 95.1 Å². The van der Waals surface area contributed by atoms with Crippen molar-refractivity contribution in [2.45, 2.75) is 12.6 Å². The SMILES string of the molecule is COc1ccc(/C([O-])=C2\C(=O)C(=O)N(Cc3ccc[nH+]c3)C2c2ccc(F)cc2)cc1OC. The largest absolute Gasteiger partial charge is 0.872 e. The molecule has 1 aromatic heterocycles.